The lowest BCUT2D eigenvalue weighted by atomic mass is 10.1. The highest BCUT2D eigenvalue weighted by molar-refractivity contribution is 7.96. The molecule has 25 nitrogen and oxygen atoms in total. The van der Waals surface area contributed by atoms with Gasteiger partial charge < -0.3 is 20.1 Å². The summed E-state index contributed by atoms with van der Waals surface area (Å²) in [5.74, 6) is -3.35. The maximum Gasteiger partial charge on any atom is 0.341 e. The number of carboxylic acids is 1. The summed E-state index contributed by atoms with van der Waals surface area (Å²) in [4.78, 5) is 22.6. The second-order valence-electron chi connectivity index (χ2n) is 12.8. The number of carboxylic acid groups (broad SMARTS) is 1. The Morgan fingerprint density at radius 2 is 1.42 bits per heavy atom. The van der Waals surface area contributed by atoms with Crippen LogP contribution in [0.3, 0.4) is 0 Å². The third kappa shape index (κ3) is 12.9. The molecule has 67 heavy (non-hydrogen) atoms. The van der Waals surface area contributed by atoms with E-state index in [1.807, 2.05) is 0 Å². The predicted octanol–water partition coefficient (Wildman–Crippen LogP) is 8.29. The van der Waals surface area contributed by atoms with E-state index in [-0.39, 0.29) is 82.5 Å². The van der Waals surface area contributed by atoms with Crippen LogP contribution < -0.4 is 10.3 Å². The molecule has 0 amide bonds. The Hall–Kier alpha value is -5.59. The number of carbonyl (C=O) groups is 2. The normalized spacial score (nSPS) is 12.2. The molecule has 1 aromatic heterocycles. The Balaban J connectivity index is 1.33. The average Bonchev–Trinajstić information content (AvgIpc) is 3.30. The van der Waals surface area contributed by atoms with Crippen molar-refractivity contribution in [1.82, 2.24) is 0 Å². The lowest BCUT2D eigenvalue weighted by molar-refractivity contribution is -0.692. The van der Waals surface area contributed by atoms with E-state index in [9.17, 15) is 41.2 Å². The third-order valence-electron chi connectivity index (χ3n) is 8.74. The van der Waals surface area contributed by atoms with E-state index >= 15 is 0 Å². The van der Waals surface area contributed by atoms with Gasteiger partial charge in [-0.1, -0.05) is 27.2 Å². The number of nitrogens with zero attached hydrogens (tertiary/aromatic N) is 5. The molecule has 0 saturated heterocycles. The second kappa shape index (κ2) is 22.9. The zero-order valence-electron chi connectivity index (χ0n) is 33.0. The Labute approximate surface area is 393 Å². The van der Waals surface area contributed by atoms with Gasteiger partial charge in [0.25, 0.3) is 10.1 Å². The average molecular weight is 1040 g/mol. The molecule has 0 radical (unpaired) electrons. The molecule has 352 valence electrons. The number of azo groups is 2. The standard InChI is InChI=1S/C36H28N6O19S6/c37-26-8-7-24-25(32(26)40-38-27-10-5-22(15-29(27)64-60-57-48)66(50,51)13-12-42-11-1-2-20(17-42)36(45)46)16-30(65-61-58-49)33(34(24)44)41-39-28-9-3-19-14-21(63-55-31(43)18-62-59-56-47)4-6-23(19)35(28)67(52,53)54/h1-11,14-17H,12-13,18H2,(H7-,37,38,39,44,45,46,47,48,49,52,53,54)/p+1. The van der Waals surface area contributed by atoms with Gasteiger partial charge in [0.05, 0.1) is 56.5 Å². The molecule has 5 aromatic carbocycles. The zero-order chi connectivity index (χ0) is 48.3. The lowest BCUT2D eigenvalue weighted by Gasteiger charge is -2.12. The Morgan fingerprint density at radius 3 is 2.13 bits per heavy atom. The number of phenolic OH excluding ortho intramolecular Hbond substituents is 1. The number of pyridine rings is 1. The van der Waals surface area contributed by atoms with Crippen LogP contribution in [0, 0.1) is 0 Å². The van der Waals surface area contributed by atoms with Gasteiger partial charge in [0.1, 0.15) is 44.7 Å². The first-order valence-electron chi connectivity index (χ1n) is 17.9. The summed E-state index contributed by atoms with van der Waals surface area (Å²) in [6.07, 6.45) is 2.79. The van der Waals surface area contributed by atoms with Crippen molar-refractivity contribution in [3.8, 4) is 5.75 Å². The van der Waals surface area contributed by atoms with E-state index in [0.717, 1.165) is 6.07 Å². The highest BCUT2D eigenvalue weighted by Gasteiger charge is 2.24. The number of hydrogen-bond acceptors (Lipinski definition) is 26. The first-order valence-corrected chi connectivity index (χ1v) is 24.1. The highest BCUT2D eigenvalue weighted by Crippen LogP contribution is 2.48. The third-order valence-corrected chi connectivity index (χ3v) is 13.9. The molecule has 6 aromatic rings. The number of benzene rings is 5. The fourth-order valence-electron chi connectivity index (χ4n) is 5.85. The number of carbonyl (C=O) groups excluding carboxylic acids is 1. The number of hydrogen-bond donors (Lipinski definition) is 7. The van der Waals surface area contributed by atoms with Crippen LogP contribution in [0.25, 0.3) is 21.5 Å². The van der Waals surface area contributed by atoms with Gasteiger partial charge >= 0.3 is 11.9 Å². The minimum Gasteiger partial charge on any atom is -0.505 e. The summed E-state index contributed by atoms with van der Waals surface area (Å²) in [5, 5.41) is 74.6. The summed E-state index contributed by atoms with van der Waals surface area (Å²) < 4.78 is 82.2. The molecule has 0 atom stereocenters. The monoisotopic (exact) mass is 1040 g/mol. The van der Waals surface area contributed by atoms with Crippen molar-refractivity contribution >= 4 is 130 Å². The fraction of sp³-hybridized carbons (Fsp3) is 0.0833. The van der Waals surface area contributed by atoms with Crippen molar-refractivity contribution in [2.45, 2.75) is 31.0 Å². The van der Waals surface area contributed by atoms with E-state index in [1.54, 1.807) is 0 Å². The largest absolute Gasteiger partial charge is 0.505 e. The smallest absolute Gasteiger partial charge is 0.341 e. The molecule has 0 fully saturated rings. The van der Waals surface area contributed by atoms with Gasteiger partial charge in [-0.2, -0.15) is 8.42 Å². The molecular formula is C36H29N6O19S6+. The van der Waals surface area contributed by atoms with Gasteiger partial charge in [-0.15, -0.1) is 33.5 Å². The number of aromatic carboxylic acids is 1. The van der Waals surface area contributed by atoms with E-state index in [2.05, 4.69) is 48.6 Å². The molecule has 1 heterocycles. The second-order valence-corrected chi connectivity index (χ2v) is 19.2. The van der Waals surface area contributed by atoms with Crippen LogP contribution in [0.15, 0.2) is 136 Å². The van der Waals surface area contributed by atoms with E-state index < -0.39 is 48.3 Å². The Kier molecular flexibility index (Phi) is 17.4. The molecular weight excluding hydrogens is 1010 g/mol. The lowest BCUT2D eigenvalue weighted by Crippen LogP contribution is -2.37. The maximum atomic E-state index is 13.3. The molecule has 0 aliphatic carbocycles. The van der Waals surface area contributed by atoms with Gasteiger partial charge in [0, 0.05) is 39.2 Å². The topological polar surface area (TPSA) is 368 Å². The summed E-state index contributed by atoms with van der Waals surface area (Å²) in [6.45, 7) is -0.101. The Morgan fingerprint density at radius 1 is 0.731 bits per heavy atom. The first-order chi connectivity index (χ1) is 32.0. The van der Waals surface area contributed by atoms with Gasteiger partial charge in [0.2, 0.25) is 0 Å². The molecule has 6 rings (SSSR count). The predicted molar refractivity (Wildman–Crippen MR) is 235 cm³/mol. The van der Waals surface area contributed by atoms with Crippen molar-refractivity contribution in [2.75, 3.05) is 17.2 Å². The number of rotatable bonds is 22. The summed E-state index contributed by atoms with van der Waals surface area (Å²) >= 11 is 1.77. The Bertz CT molecular complexity index is 3130. The van der Waals surface area contributed by atoms with Crippen LogP contribution in [-0.2, 0) is 63.6 Å². The van der Waals surface area contributed by atoms with Crippen LogP contribution in [0.1, 0.15) is 10.4 Å². The number of aromatic nitrogens is 1. The van der Waals surface area contributed by atoms with Crippen LogP contribution in [0.2, 0.25) is 0 Å². The first kappa shape index (κ1) is 50.8. The molecule has 0 aliphatic heterocycles. The summed E-state index contributed by atoms with van der Waals surface area (Å²) in [7, 11) is -9.03. The number of sulfone groups is 1. The number of nitrogen functional groups attached to an aromatic ring is 1. The molecule has 8 N–H and O–H groups in total. The number of fused-ring (bicyclic) bond motifs is 2. The number of phenols is 1. The number of nitrogens with two attached hydrogens (primary N) is 1. The summed E-state index contributed by atoms with van der Waals surface area (Å²) in [6, 6.07) is 17.3. The minimum absolute atomic E-state index is 0.00328. The zero-order valence-corrected chi connectivity index (χ0v) is 37.9. The number of aromatic hydroxyl groups is 1. The quantitative estimate of drug-likeness (QED) is 0.00491. The van der Waals surface area contributed by atoms with Crippen LogP contribution >= 0.6 is 48.2 Å². The molecule has 31 heteroatoms. The van der Waals surface area contributed by atoms with E-state index in [0.29, 0.717) is 53.1 Å². The fourth-order valence-corrected chi connectivity index (χ4v) is 9.85. The van der Waals surface area contributed by atoms with Gasteiger partial charge in [-0.05, 0) is 66.0 Å². The van der Waals surface area contributed by atoms with E-state index in [1.165, 1.54) is 89.8 Å². The van der Waals surface area contributed by atoms with Crippen LogP contribution in [0.4, 0.5) is 28.4 Å². The molecule has 0 bridgehead atoms. The minimum atomic E-state index is -5.01. The van der Waals surface area contributed by atoms with Crippen molar-refractivity contribution in [3.05, 3.63) is 96.8 Å². The van der Waals surface area contributed by atoms with Gasteiger partial charge in [-0.3, -0.25) is 9.35 Å². The molecule has 0 aliphatic rings. The highest BCUT2D eigenvalue weighted by atomic mass is 32.2. The molecule has 0 saturated carbocycles. The molecule has 0 spiro atoms. The van der Waals surface area contributed by atoms with Crippen molar-refractivity contribution < 1.29 is 93.8 Å². The molecule has 0 unspecified atom stereocenters. The van der Waals surface area contributed by atoms with Gasteiger partial charge in [-0.25, -0.2) is 33.6 Å². The van der Waals surface area contributed by atoms with Crippen molar-refractivity contribution in [3.63, 3.8) is 0 Å². The van der Waals surface area contributed by atoms with Crippen molar-refractivity contribution in [2.24, 2.45) is 20.5 Å². The van der Waals surface area contributed by atoms with Crippen LogP contribution in [0.5, 0.6) is 5.75 Å². The van der Waals surface area contributed by atoms with Crippen LogP contribution in [-0.4, -0.2) is 70.8 Å². The number of anilines is 1. The van der Waals surface area contributed by atoms with Gasteiger partial charge in [0.15, 0.2) is 34.5 Å². The summed E-state index contributed by atoms with van der Waals surface area (Å²) in [5.41, 5.74) is 5.40. The van der Waals surface area contributed by atoms with E-state index in [4.69, 9.17) is 25.7 Å². The maximum absolute atomic E-state index is 13.3. The SMILES string of the molecule is Nc1ccc2c(O)c(N=Nc3ccc4cc(SOC(=O)CSOOO)ccc4c3S(=O)(=O)O)c(SOOO)cc2c1N=Nc1ccc(S(=O)(=O)CC[n+]2cccc(C(=O)O)c2)cc1SOOO. The van der Waals surface area contributed by atoms with Crippen molar-refractivity contribution in [1.29, 1.82) is 0 Å². The number of aryl methyl sites for hydroxylation is 1.